The van der Waals surface area contributed by atoms with Crippen molar-refractivity contribution in [3.63, 3.8) is 0 Å². The minimum Gasteiger partial charge on any atom is -0.310 e. The van der Waals surface area contributed by atoms with Crippen LogP contribution in [0.4, 0.5) is 102 Å². The standard InChI is InChI=1S/C70H48N4S.C67H49N3S/c1-5-23-52(24-6-1)71(53-25-7-2-8-26-53)56-31-17-22-50(44-56)51-38-43-69-65(45-51)63-41-39-60(48-70(63)75-69)72(54-27-9-3-10-28-54)57-32-19-33-58(46-57)73(66-37-18-21-49-20-13-14-34-61(49)66)59-40-42-68-64(47-59)62-35-15-16-36-67(62)74(68)55-29-11-4-12-30-55;1-67(2)61-33-18-17-32-59(61)66-62(67)42-49(43-63(66)70(52-26-11-5-12-27-52)53-28-13-6-14-29-53)48-35-39-64-60(41-48)58-38-37-57(45-65(58)71-64)69(56-36-34-46-20-15-16-21-47(46)40-56)55-31-19-30-54(44-55)68(50-22-7-3-8-23-50)51-24-9-4-10-25-51/h1-48H;3-45H,1-2H3. The molecule has 692 valence electrons. The molecule has 0 saturated carbocycles. The van der Waals surface area contributed by atoms with Crippen LogP contribution in [-0.2, 0) is 5.41 Å². The van der Waals surface area contributed by atoms with E-state index in [4.69, 9.17) is 0 Å². The number of rotatable bonds is 21. The fraction of sp³-hybridized carbons (Fsp3) is 0.0219. The second-order valence-electron chi connectivity index (χ2n) is 37.9. The van der Waals surface area contributed by atoms with E-state index in [0.29, 0.717) is 0 Å². The lowest BCUT2D eigenvalue weighted by Crippen LogP contribution is -2.16. The first-order valence-corrected chi connectivity index (χ1v) is 51.5. The van der Waals surface area contributed by atoms with E-state index in [0.717, 1.165) is 102 Å². The lowest BCUT2D eigenvalue weighted by atomic mass is 9.81. The van der Waals surface area contributed by atoms with Crippen molar-refractivity contribution in [2.45, 2.75) is 19.3 Å². The second-order valence-corrected chi connectivity index (χ2v) is 40.1. The van der Waals surface area contributed by atoms with Gasteiger partial charge < -0.3 is 34.0 Å². The van der Waals surface area contributed by atoms with Crippen molar-refractivity contribution in [2.75, 3.05) is 29.4 Å². The van der Waals surface area contributed by atoms with Gasteiger partial charge in [-0.1, -0.05) is 317 Å². The number of para-hydroxylation sites is 9. The molecular weight excluding hydrogens is 1810 g/mol. The second kappa shape index (κ2) is 37.6. The summed E-state index contributed by atoms with van der Waals surface area (Å²) in [4.78, 5) is 14.3. The number of benzene rings is 23. The van der Waals surface area contributed by atoms with Gasteiger partial charge in [-0.25, -0.2) is 0 Å². The minimum absolute atomic E-state index is 0.191. The zero-order chi connectivity index (χ0) is 97.1. The Morgan fingerprint density at radius 3 is 1.09 bits per heavy atom. The van der Waals surface area contributed by atoms with Crippen LogP contribution >= 0.6 is 22.7 Å². The summed E-state index contributed by atoms with van der Waals surface area (Å²) >= 11 is 3.71. The highest BCUT2D eigenvalue weighted by Gasteiger charge is 2.39. The zero-order valence-electron chi connectivity index (χ0n) is 80.5. The Labute approximate surface area is 857 Å². The molecule has 3 aromatic heterocycles. The van der Waals surface area contributed by atoms with Gasteiger partial charge in [0, 0.05) is 164 Å². The number of aromatic nitrogens is 1. The van der Waals surface area contributed by atoms with Crippen molar-refractivity contribution >= 4 is 209 Å². The molecule has 9 heteroatoms. The highest BCUT2D eigenvalue weighted by atomic mass is 32.1. The third-order valence-corrected chi connectivity index (χ3v) is 31.1. The third-order valence-electron chi connectivity index (χ3n) is 28.8. The molecule has 1 aliphatic carbocycles. The Morgan fingerprint density at radius 1 is 0.178 bits per heavy atom. The molecule has 0 saturated heterocycles. The van der Waals surface area contributed by atoms with Gasteiger partial charge in [-0.05, 0) is 304 Å². The number of hydrogen-bond donors (Lipinski definition) is 0. The molecule has 0 fully saturated rings. The van der Waals surface area contributed by atoms with Gasteiger partial charge in [-0.15, -0.1) is 22.7 Å². The van der Waals surface area contributed by atoms with Crippen LogP contribution in [0.2, 0.25) is 0 Å². The first-order valence-electron chi connectivity index (χ1n) is 49.9. The van der Waals surface area contributed by atoms with Crippen LogP contribution in [0.1, 0.15) is 25.0 Å². The fourth-order valence-corrected chi connectivity index (χ4v) is 24.3. The number of anilines is 18. The molecule has 26 aromatic rings. The van der Waals surface area contributed by atoms with Crippen LogP contribution in [0.25, 0.3) is 123 Å². The third kappa shape index (κ3) is 16.1. The van der Waals surface area contributed by atoms with Crippen molar-refractivity contribution < 1.29 is 0 Å². The van der Waals surface area contributed by atoms with E-state index < -0.39 is 0 Å². The molecule has 0 spiro atoms. The van der Waals surface area contributed by atoms with Crippen molar-refractivity contribution in [1.82, 2.24) is 4.57 Å². The summed E-state index contributed by atoms with van der Waals surface area (Å²) in [7, 11) is 0. The smallest absolute Gasteiger partial charge is 0.0549 e. The van der Waals surface area contributed by atoms with Crippen LogP contribution in [0.15, 0.2) is 552 Å². The predicted octanol–water partition coefficient (Wildman–Crippen LogP) is 40.0. The molecule has 0 amide bonds. The highest BCUT2D eigenvalue weighted by molar-refractivity contribution is 7.26. The molecule has 1 aliphatic rings. The summed E-state index contributed by atoms with van der Waals surface area (Å²) in [5.41, 5.74) is 33.3. The summed E-state index contributed by atoms with van der Waals surface area (Å²) < 4.78 is 7.40. The fourth-order valence-electron chi connectivity index (χ4n) is 22.0. The average Bonchev–Trinajstić information content (AvgIpc) is 1.56. The molecule has 0 radical (unpaired) electrons. The quantitative estimate of drug-likeness (QED) is 0.0711. The topological polar surface area (TPSA) is 24.4 Å². The van der Waals surface area contributed by atoms with E-state index in [-0.39, 0.29) is 5.41 Å². The number of fused-ring (bicyclic) bond motifs is 14. The Kier molecular flexibility index (Phi) is 22.6. The molecule has 7 nitrogen and oxygen atoms in total. The molecule has 23 aromatic carbocycles. The number of nitrogens with zero attached hydrogens (tertiary/aromatic N) is 7. The maximum atomic E-state index is 2.47. The SMILES string of the molecule is CC1(C)c2ccccc2-c2c(N(c3ccccc3)c3ccccc3)cc(-c3ccc4sc5cc(N(c6cccc(N(c7ccccc7)c7ccccc7)c6)c6ccc7ccccc7c6)ccc5c4c3)cc21.c1ccc(N(c2ccccc2)c2cccc(-c3ccc4sc5cc(N(c6ccccc6)c6cccc(N(c7ccc8c(c7)c7ccccc7n8-c7ccccc7)c7cccc8ccccc78)c6)ccc5c4c3)c2)cc1. The van der Waals surface area contributed by atoms with Crippen molar-refractivity contribution in [3.05, 3.63) is 563 Å². The van der Waals surface area contributed by atoms with Gasteiger partial charge >= 0.3 is 0 Å². The van der Waals surface area contributed by atoms with Gasteiger partial charge in [0.2, 0.25) is 0 Å². The normalized spacial score (nSPS) is 12.0. The Morgan fingerprint density at radius 2 is 0.541 bits per heavy atom. The summed E-state index contributed by atoms with van der Waals surface area (Å²) in [6, 6.07) is 201. The van der Waals surface area contributed by atoms with Gasteiger partial charge in [0.25, 0.3) is 0 Å². The average molecular weight is 1910 g/mol. The van der Waals surface area contributed by atoms with E-state index in [1.165, 1.54) is 134 Å². The van der Waals surface area contributed by atoms with Crippen LogP contribution in [-0.4, -0.2) is 4.57 Å². The van der Waals surface area contributed by atoms with E-state index in [1.54, 1.807) is 0 Å². The first-order chi connectivity index (χ1) is 72.2. The molecule has 0 aliphatic heterocycles. The first kappa shape index (κ1) is 87.8. The Bertz CT molecular complexity index is 9260. The Hall–Kier alpha value is -18.4. The van der Waals surface area contributed by atoms with Crippen LogP contribution < -0.4 is 29.4 Å². The maximum Gasteiger partial charge on any atom is 0.0549 e. The summed E-state index contributed by atoms with van der Waals surface area (Å²) in [5.74, 6) is 0. The molecule has 0 bridgehead atoms. The molecule has 146 heavy (non-hydrogen) atoms. The summed E-state index contributed by atoms with van der Waals surface area (Å²) in [6.07, 6.45) is 0. The monoisotopic (exact) mass is 1900 g/mol. The maximum absolute atomic E-state index is 2.47. The molecule has 0 unspecified atom stereocenters. The number of thiophene rings is 2. The van der Waals surface area contributed by atoms with Crippen LogP contribution in [0.3, 0.4) is 0 Å². The van der Waals surface area contributed by atoms with Gasteiger partial charge in [0.05, 0.1) is 22.4 Å². The van der Waals surface area contributed by atoms with E-state index >= 15 is 0 Å². The molecular formula is C137H97N7S2. The van der Waals surface area contributed by atoms with Gasteiger partial charge in [-0.2, -0.15) is 0 Å². The number of hydrogen-bond acceptors (Lipinski definition) is 8. The van der Waals surface area contributed by atoms with E-state index in [9.17, 15) is 0 Å². The van der Waals surface area contributed by atoms with Crippen molar-refractivity contribution in [1.29, 1.82) is 0 Å². The zero-order valence-corrected chi connectivity index (χ0v) is 82.1. The Balaban J connectivity index is 0.000000149. The largest absolute Gasteiger partial charge is 0.310 e. The highest BCUT2D eigenvalue weighted by Crippen LogP contribution is 2.58. The summed E-state index contributed by atoms with van der Waals surface area (Å²) in [6.45, 7) is 4.77. The lowest BCUT2D eigenvalue weighted by Gasteiger charge is -2.30. The molecule has 27 rings (SSSR count). The predicted molar refractivity (Wildman–Crippen MR) is 625 cm³/mol. The summed E-state index contributed by atoms with van der Waals surface area (Å²) in [5, 5.41) is 12.3. The van der Waals surface area contributed by atoms with Crippen molar-refractivity contribution in [2.24, 2.45) is 0 Å². The van der Waals surface area contributed by atoms with Gasteiger partial charge in [-0.3, -0.25) is 0 Å². The van der Waals surface area contributed by atoms with Gasteiger partial charge in [0.1, 0.15) is 0 Å². The molecule has 3 heterocycles. The minimum atomic E-state index is -0.191. The van der Waals surface area contributed by atoms with E-state index in [2.05, 4.69) is 600 Å². The molecule has 0 atom stereocenters. The van der Waals surface area contributed by atoms with E-state index in [1.807, 2.05) is 22.7 Å². The molecule has 0 N–H and O–H groups in total. The lowest BCUT2D eigenvalue weighted by molar-refractivity contribution is 0.660. The van der Waals surface area contributed by atoms with Crippen molar-refractivity contribution in [3.8, 4) is 39.1 Å². The van der Waals surface area contributed by atoms with Crippen LogP contribution in [0, 0.1) is 0 Å². The van der Waals surface area contributed by atoms with Gasteiger partial charge in [0.15, 0.2) is 0 Å². The van der Waals surface area contributed by atoms with Crippen LogP contribution in [0.5, 0.6) is 0 Å².